The third kappa shape index (κ3) is 3.82. The molecule has 3 aromatic rings. The molecule has 0 radical (unpaired) electrons. The van der Waals surface area contributed by atoms with Gasteiger partial charge in [0.15, 0.2) is 11.6 Å². The van der Waals surface area contributed by atoms with Gasteiger partial charge >= 0.3 is 0 Å². The number of hydrogen-bond acceptors (Lipinski definition) is 4. The average Bonchev–Trinajstić information content (AvgIpc) is 3.44. The summed E-state index contributed by atoms with van der Waals surface area (Å²) in [5.41, 5.74) is 3.72. The maximum atomic E-state index is 13.8. The highest BCUT2D eigenvalue weighted by Gasteiger charge is 2.37. The molecule has 33 heavy (non-hydrogen) atoms. The van der Waals surface area contributed by atoms with Crippen LogP contribution in [-0.4, -0.2) is 32.7 Å². The second kappa shape index (κ2) is 8.27. The maximum Gasteiger partial charge on any atom is 0.254 e. The summed E-state index contributed by atoms with van der Waals surface area (Å²) in [6, 6.07) is 9.15. The third-order valence-electron chi connectivity index (χ3n) is 6.07. The molecule has 5 rings (SSSR count). The first-order valence-corrected chi connectivity index (χ1v) is 10.7. The van der Waals surface area contributed by atoms with Gasteiger partial charge in [0, 0.05) is 11.3 Å². The zero-order valence-electron chi connectivity index (χ0n) is 18.3. The molecule has 8 heteroatoms. The molecule has 1 atom stereocenters. The van der Waals surface area contributed by atoms with Crippen molar-refractivity contribution >= 4 is 12.0 Å². The standard InChI is InChI=1S/C25H22F2N4O2/c1-15-28-14-30(29-15)23-9-3-16(12-24(23)33-2)11-18-4-6-19-7-10-22(31(19)25(18)32)17-5-8-20(26)21(27)13-17/h3,5-6,8-9,11-14,22H,4,7,10H2,1-2H3/t22-/m0/s1. The minimum atomic E-state index is -0.903. The molecule has 1 amide bonds. The molecule has 0 aliphatic carbocycles. The van der Waals surface area contributed by atoms with Crippen LogP contribution in [0.5, 0.6) is 5.75 Å². The molecule has 0 N–H and O–H groups in total. The van der Waals surface area contributed by atoms with Crippen LogP contribution in [0.15, 0.2) is 60.1 Å². The Labute approximate surface area is 189 Å². The second-order valence-electron chi connectivity index (χ2n) is 8.14. The quantitative estimate of drug-likeness (QED) is 0.533. The predicted octanol–water partition coefficient (Wildman–Crippen LogP) is 4.90. The number of amides is 1. The van der Waals surface area contributed by atoms with Crippen molar-refractivity contribution in [2.75, 3.05) is 7.11 Å². The Morgan fingerprint density at radius 2 is 2.00 bits per heavy atom. The van der Waals surface area contributed by atoms with Crippen molar-refractivity contribution in [3.05, 3.63) is 88.7 Å². The largest absolute Gasteiger partial charge is 0.494 e. The van der Waals surface area contributed by atoms with Gasteiger partial charge in [-0.1, -0.05) is 18.2 Å². The van der Waals surface area contributed by atoms with E-state index in [0.29, 0.717) is 35.6 Å². The summed E-state index contributed by atoms with van der Waals surface area (Å²) in [6.45, 7) is 1.81. The number of rotatable bonds is 4. The molecule has 0 bridgehead atoms. The molecule has 2 aromatic carbocycles. The number of allylic oxidation sites excluding steroid dienone is 2. The summed E-state index contributed by atoms with van der Waals surface area (Å²) in [7, 11) is 1.58. The first kappa shape index (κ1) is 21.1. The van der Waals surface area contributed by atoms with Crippen LogP contribution in [0.3, 0.4) is 0 Å². The van der Waals surface area contributed by atoms with E-state index in [1.807, 2.05) is 37.3 Å². The number of nitrogens with zero attached hydrogens (tertiary/aromatic N) is 4. The number of hydrogen-bond donors (Lipinski definition) is 0. The molecule has 3 heterocycles. The fourth-order valence-corrected chi connectivity index (χ4v) is 4.47. The molecule has 6 nitrogen and oxygen atoms in total. The molecule has 2 aliphatic heterocycles. The fraction of sp³-hybridized carbons (Fsp3) is 0.240. The smallest absolute Gasteiger partial charge is 0.254 e. The van der Waals surface area contributed by atoms with Crippen molar-refractivity contribution in [1.29, 1.82) is 0 Å². The number of benzene rings is 2. The Bertz CT molecular complexity index is 1310. The Morgan fingerprint density at radius 1 is 1.15 bits per heavy atom. The molecule has 1 aromatic heterocycles. The number of halogens is 2. The molecule has 0 unspecified atom stereocenters. The number of aryl methyl sites for hydroxylation is 1. The zero-order chi connectivity index (χ0) is 23.1. The lowest BCUT2D eigenvalue weighted by atomic mass is 10.0. The summed E-state index contributed by atoms with van der Waals surface area (Å²) < 4.78 is 34.4. The Balaban J connectivity index is 1.45. The summed E-state index contributed by atoms with van der Waals surface area (Å²) in [6.07, 6.45) is 7.42. The van der Waals surface area contributed by atoms with E-state index < -0.39 is 11.6 Å². The average molecular weight is 448 g/mol. The van der Waals surface area contributed by atoms with Crippen LogP contribution in [0, 0.1) is 18.6 Å². The van der Waals surface area contributed by atoms with Gasteiger partial charge in [-0.25, -0.2) is 18.4 Å². The van der Waals surface area contributed by atoms with Gasteiger partial charge in [0.2, 0.25) is 0 Å². The van der Waals surface area contributed by atoms with E-state index in [0.717, 1.165) is 29.4 Å². The van der Waals surface area contributed by atoms with Crippen molar-refractivity contribution in [1.82, 2.24) is 19.7 Å². The van der Waals surface area contributed by atoms with Crippen molar-refractivity contribution in [2.45, 2.75) is 32.2 Å². The van der Waals surface area contributed by atoms with Gasteiger partial charge in [0.05, 0.1) is 13.2 Å². The van der Waals surface area contributed by atoms with Gasteiger partial charge < -0.3 is 9.64 Å². The van der Waals surface area contributed by atoms with E-state index in [9.17, 15) is 13.6 Å². The van der Waals surface area contributed by atoms with Crippen LogP contribution in [0.2, 0.25) is 0 Å². The number of methoxy groups -OCH3 is 1. The van der Waals surface area contributed by atoms with E-state index in [1.165, 1.54) is 6.07 Å². The number of carbonyl (C=O) groups excluding carboxylic acids is 1. The van der Waals surface area contributed by atoms with Gasteiger partial charge in [-0.2, -0.15) is 5.10 Å². The maximum absolute atomic E-state index is 13.8. The highest BCUT2D eigenvalue weighted by Crippen LogP contribution is 2.42. The molecular formula is C25H22F2N4O2. The van der Waals surface area contributed by atoms with E-state index in [-0.39, 0.29) is 11.9 Å². The summed E-state index contributed by atoms with van der Waals surface area (Å²) in [5, 5.41) is 4.32. The van der Waals surface area contributed by atoms with Crippen LogP contribution < -0.4 is 4.74 Å². The second-order valence-corrected chi connectivity index (χ2v) is 8.14. The summed E-state index contributed by atoms with van der Waals surface area (Å²) in [5.74, 6) is -0.652. The lowest BCUT2D eigenvalue weighted by molar-refractivity contribution is -0.126. The summed E-state index contributed by atoms with van der Waals surface area (Å²) in [4.78, 5) is 19.3. The van der Waals surface area contributed by atoms with Crippen LogP contribution in [0.1, 0.15) is 42.3 Å². The van der Waals surface area contributed by atoms with Crippen molar-refractivity contribution in [3.8, 4) is 11.4 Å². The van der Waals surface area contributed by atoms with Crippen molar-refractivity contribution < 1.29 is 18.3 Å². The Hall–Kier alpha value is -3.81. The number of fused-ring (bicyclic) bond motifs is 1. The van der Waals surface area contributed by atoms with Crippen LogP contribution in [0.4, 0.5) is 8.78 Å². The first-order valence-electron chi connectivity index (χ1n) is 10.7. The molecule has 1 fully saturated rings. The Morgan fingerprint density at radius 3 is 2.73 bits per heavy atom. The molecule has 168 valence electrons. The monoisotopic (exact) mass is 448 g/mol. The van der Waals surface area contributed by atoms with E-state index in [4.69, 9.17) is 4.74 Å². The van der Waals surface area contributed by atoms with Crippen molar-refractivity contribution in [3.63, 3.8) is 0 Å². The van der Waals surface area contributed by atoms with Crippen molar-refractivity contribution in [2.24, 2.45) is 0 Å². The third-order valence-corrected chi connectivity index (χ3v) is 6.07. The SMILES string of the molecule is COc1cc(C=C2CC=C3CC[C@@H](c4ccc(F)c(F)c4)N3C2=O)ccc1-n1cnc(C)n1. The lowest BCUT2D eigenvalue weighted by Crippen LogP contribution is -2.33. The minimum absolute atomic E-state index is 0.116. The van der Waals surface area contributed by atoms with Gasteiger partial charge in [-0.15, -0.1) is 0 Å². The number of ether oxygens (including phenoxy) is 1. The zero-order valence-corrected chi connectivity index (χ0v) is 18.3. The molecule has 2 aliphatic rings. The van der Waals surface area contributed by atoms with E-state index in [1.54, 1.807) is 29.1 Å². The topological polar surface area (TPSA) is 60.2 Å². The normalized spacial score (nSPS) is 19.1. The number of carbonyl (C=O) groups is 1. The number of aromatic nitrogens is 3. The Kier molecular flexibility index (Phi) is 5.28. The minimum Gasteiger partial charge on any atom is -0.494 e. The van der Waals surface area contributed by atoms with E-state index >= 15 is 0 Å². The molecule has 0 saturated carbocycles. The molecular weight excluding hydrogens is 426 g/mol. The molecule has 1 saturated heterocycles. The highest BCUT2D eigenvalue weighted by molar-refractivity contribution is 6.00. The first-order chi connectivity index (χ1) is 15.9. The van der Waals surface area contributed by atoms with Gasteiger partial charge in [0.1, 0.15) is 23.6 Å². The molecule has 0 spiro atoms. The van der Waals surface area contributed by atoms with Gasteiger partial charge in [-0.05, 0) is 67.7 Å². The van der Waals surface area contributed by atoms with E-state index in [2.05, 4.69) is 10.1 Å². The predicted molar refractivity (Wildman–Crippen MR) is 119 cm³/mol. The lowest BCUT2D eigenvalue weighted by Gasteiger charge is -2.30. The van der Waals surface area contributed by atoms with Gasteiger partial charge in [-0.3, -0.25) is 4.79 Å². The van der Waals surface area contributed by atoms with Crippen LogP contribution in [-0.2, 0) is 4.79 Å². The summed E-state index contributed by atoms with van der Waals surface area (Å²) >= 11 is 0. The van der Waals surface area contributed by atoms with Gasteiger partial charge in [0.25, 0.3) is 5.91 Å². The highest BCUT2D eigenvalue weighted by atomic mass is 19.2. The van der Waals surface area contributed by atoms with Crippen LogP contribution in [0.25, 0.3) is 11.8 Å². The van der Waals surface area contributed by atoms with Crippen LogP contribution >= 0.6 is 0 Å². The fourth-order valence-electron chi connectivity index (χ4n) is 4.47.